The number of aliphatic hydroxyl groups is 1. The maximum atomic E-state index is 8.75. The van der Waals surface area contributed by atoms with Crippen LogP contribution in [0.15, 0.2) is 0 Å². The van der Waals surface area contributed by atoms with Gasteiger partial charge in [0, 0.05) is 6.54 Å². The molecule has 1 saturated heterocycles. The van der Waals surface area contributed by atoms with Crippen LogP contribution in [0.2, 0.25) is 0 Å². The van der Waals surface area contributed by atoms with E-state index in [0.29, 0.717) is 5.41 Å². The first kappa shape index (κ1) is 12.0. The van der Waals surface area contributed by atoms with E-state index in [1.54, 1.807) is 0 Å². The molecule has 0 aromatic rings. The molecule has 1 rings (SSSR count). The van der Waals surface area contributed by atoms with Crippen LogP contribution in [0.25, 0.3) is 0 Å². The standard InChI is InChI=1S/C11H24N2O/c1-11(2,8-12-9-14)10-4-6-13(3)7-5-10/h10,12,14H,4-9H2,1-3H3. The molecule has 84 valence electrons. The molecule has 1 fully saturated rings. The Morgan fingerprint density at radius 3 is 2.43 bits per heavy atom. The number of nitrogens with zero attached hydrogens (tertiary/aromatic N) is 1. The van der Waals surface area contributed by atoms with Gasteiger partial charge in [0.15, 0.2) is 0 Å². The van der Waals surface area contributed by atoms with Crippen LogP contribution >= 0.6 is 0 Å². The summed E-state index contributed by atoms with van der Waals surface area (Å²) in [7, 11) is 2.19. The van der Waals surface area contributed by atoms with Crippen LogP contribution in [0.1, 0.15) is 26.7 Å². The number of aliphatic hydroxyl groups excluding tert-OH is 1. The van der Waals surface area contributed by atoms with Crippen LogP contribution in [0, 0.1) is 11.3 Å². The highest BCUT2D eigenvalue weighted by atomic mass is 16.3. The van der Waals surface area contributed by atoms with Crippen LogP contribution in [-0.4, -0.2) is 43.4 Å². The van der Waals surface area contributed by atoms with Crippen LogP contribution in [0.5, 0.6) is 0 Å². The Balaban J connectivity index is 2.38. The molecule has 0 aromatic carbocycles. The Hall–Kier alpha value is -0.120. The lowest BCUT2D eigenvalue weighted by Crippen LogP contribution is -2.41. The van der Waals surface area contributed by atoms with E-state index in [9.17, 15) is 0 Å². The predicted octanol–water partition coefficient (Wildman–Crippen LogP) is 0.894. The summed E-state index contributed by atoms with van der Waals surface area (Å²) >= 11 is 0. The molecular formula is C11H24N2O. The van der Waals surface area contributed by atoms with Crippen molar-refractivity contribution < 1.29 is 5.11 Å². The van der Waals surface area contributed by atoms with E-state index >= 15 is 0 Å². The van der Waals surface area contributed by atoms with Gasteiger partial charge in [0.05, 0.1) is 6.73 Å². The monoisotopic (exact) mass is 200 g/mol. The molecule has 3 nitrogen and oxygen atoms in total. The Morgan fingerprint density at radius 1 is 1.36 bits per heavy atom. The van der Waals surface area contributed by atoms with Gasteiger partial charge in [-0.25, -0.2) is 0 Å². The fraction of sp³-hybridized carbons (Fsp3) is 1.00. The smallest absolute Gasteiger partial charge is 0.0931 e. The first-order valence-electron chi connectivity index (χ1n) is 5.56. The van der Waals surface area contributed by atoms with E-state index in [1.807, 2.05) is 0 Å². The highest BCUT2D eigenvalue weighted by molar-refractivity contribution is 4.84. The molecule has 0 aliphatic carbocycles. The van der Waals surface area contributed by atoms with E-state index in [2.05, 4.69) is 31.1 Å². The van der Waals surface area contributed by atoms with Crippen LogP contribution in [0.4, 0.5) is 0 Å². The van der Waals surface area contributed by atoms with E-state index in [0.717, 1.165) is 12.5 Å². The predicted molar refractivity (Wildman–Crippen MR) is 59.1 cm³/mol. The minimum Gasteiger partial charge on any atom is -0.381 e. The Labute approximate surface area is 87.5 Å². The molecule has 0 saturated carbocycles. The summed E-state index contributed by atoms with van der Waals surface area (Å²) in [6, 6.07) is 0. The Bertz CT molecular complexity index is 163. The molecule has 3 heteroatoms. The second-order valence-corrected chi connectivity index (χ2v) is 5.15. The van der Waals surface area contributed by atoms with Crippen molar-refractivity contribution in [3.05, 3.63) is 0 Å². The second kappa shape index (κ2) is 5.10. The zero-order chi connectivity index (χ0) is 10.6. The molecule has 1 heterocycles. The van der Waals surface area contributed by atoms with Gasteiger partial charge in [-0.2, -0.15) is 0 Å². The van der Waals surface area contributed by atoms with E-state index in [1.165, 1.54) is 25.9 Å². The SMILES string of the molecule is CN1CCC(C(C)(C)CNCO)CC1. The number of likely N-dealkylation sites (tertiary alicyclic amines) is 1. The summed E-state index contributed by atoms with van der Waals surface area (Å²) < 4.78 is 0. The van der Waals surface area contributed by atoms with Crippen molar-refractivity contribution >= 4 is 0 Å². The fourth-order valence-electron chi connectivity index (χ4n) is 2.31. The second-order valence-electron chi connectivity index (χ2n) is 5.15. The minimum absolute atomic E-state index is 0.0933. The summed E-state index contributed by atoms with van der Waals surface area (Å²) in [6.07, 6.45) is 2.58. The summed E-state index contributed by atoms with van der Waals surface area (Å²) in [5, 5.41) is 11.8. The first-order chi connectivity index (χ1) is 6.56. The summed E-state index contributed by atoms with van der Waals surface area (Å²) in [6.45, 7) is 8.03. The van der Waals surface area contributed by atoms with Crippen LogP contribution in [-0.2, 0) is 0 Å². The Kier molecular flexibility index (Phi) is 4.35. The average Bonchev–Trinajstić information content (AvgIpc) is 2.16. The molecule has 14 heavy (non-hydrogen) atoms. The first-order valence-corrected chi connectivity index (χ1v) is 5.56. The lowest BCUT2D eigenvalue weighted by atomic mass is 9.73. The number of rotatable bonds is 4. The van der Waals surface area contributed by atoms with Gasteiger partial charge in [0.2, 0.25) is 0 Å². The average molecular weight is 200 g/mol. The topological polar surface area (TPSA) is 35.5 Å². The van der Waals surface area contributed by atoms with Gasteiger partial charge < -0.3 is 10.0 Å². The molecule has 0 radical (unpaired) electrons. The summed E-state index contributed by atoms with van der Waals surface area (Å²) in [5.41, 5.74) is 0.310. The molecule has 0 spiro atoms. The van der Waals surface area contributed by atoms with E-state index < -0.39 is 0 Å². The van der Waals surface area contributed by atoms with Gasteiger partial charge in [-0.05, 0) is 44.3 Å². The molecule has 0 aromatic heterocycles. The van der Waals surface area contributed by atoms with Gasteiger partial charge in [-0.3, -0.25) is 5.32 Å². The zero-order valence-corrected chi connectivity index (χ0v) is 9.71. The lowest BCUT2D eigenvalue weighted by molar-refractivity contribution is 0.104. The summed E-state index contributed by atoms with van der Waals surface area (Å²) in [5.74, 6) is 0.790. The molecule has 0 unspecified atom stereocenters. The molecule has 0 atom stereocenters. The molecule has 2 N–H and O–H groups in total. The van der Waals surface area contributed by atoms with E-state index in [4.69, 9.17) is 5.11 Å². The molecule has 0 bridgehead atoms. The third kappa shape index (κ3) is 3.23. The molecule has 1 aliphatic heterocycles. The maximum Gasteiger partial charge on any atom is 0.0931 e. The van der Waals surface area contributed by atoms with Crippen molar-refractivity contribution in [2.45, 2.75) is 26.7 Å². The van der Waals surface area contributed by atoms with Gasteiger partial charge in [-0.1, -0.05) is 13.8 Å². The zero-order valence-electron chi connectivity index (χ0n) is 9.71. The number of nitrogens with one attached hydrogen (secondary N) is 1. The Morgan fingerprint density at radius 2 is 1.93 bits per heavy atom. The highest BCUT2D eigenvalue weighted by Gasteiger charge is 2.31. The third-order valence-electron chi connectivity index (χ3n) is 3.52. The van der Waals surface area contributed by atoms with Gasteiger partial charge in [0.25, 0.3) is 0 Å². The van der Waals surface area contributed by atoms with Gasteiger partial charge >= 0.3 is 0 Å². The molecule has 0 amide bonds. The van der Waals surface area contributed by atoms with Gasteiger partial charge in [-0.15, -0.1) is 0 Å². The number of hydrogen-bond donors (Lipinski definition) is 2. The molecular weight excluding hydrogens is 176 g/mol. The number of hydrogen-bond acceptors (Lipinski definition) is 3. The molecule has 1 aliphatic rings. The van der Waals surface area contributed by atoms with Crippen molar-refractivity contribution in [1.29, 1.82) is 0 Å². The van der Waals surface area contributed by atoms with Crippen LogP contribution < -0.4 is 5.32 Å². The largest absolute Gasteiger partial charge is 0.381 e. The van der Waals surface area contributed by atoms with Crippen molar-refractivity contribution in [3.63, 3.8) is 0 Å². The minimum atomic E-state index is 0.0933. The van der Waals surface area contributed by atoms with Crippen molar-refractivity contribution in [3.8, 4) is 0 Å². The normalized spacial score (nSPS) is 21.4. The van der Waals surface area contributed by atoms with Gasteiger partial charge in [0.1, 0.15) is 0 Å². The quantitative estimate of drug-likeness (QED) is 0.662. The lowest BCUT2D eigenvalue weighted by Gasteiger charge is -2.39. The third-order valence-corrected chi connectivity index (χ3v) is 3.52. The van der Waals surface area contributed by atoms with E-state index in [-0.39, 0.29) is 6.73 Å². The highest BCUT2D eigenvalue weighted by Crippen LogP contribution is 2.33. The van der Waals surface area contributed by atoms with Crippen molar-refractivity contribution in [1.82, 2.24) is 10.2 Å². The van der Waals surface area contributed by atoms with Crippen molar-refractivity contribution in [2.75, 3.05) is 33.4 Å². The van der Waals surface area contributed by atoms with Crippen LogP contribution in [0.3, 0.4) is 0 Å². The maximum absolute atomic E-state index is 8.75. The summed E-state index contributed by atoms with van der Waals surface area (Å²) in [4.78, 5) is 2.39. The van der Waals surface area contributed by atoms with Crippen molar-refractivity contribution in [2.24, 2.45) is 11.3 Å². The fourth-order valence-corrected chi connectivity index (χ4v) is 2.31. The number of piperidine rings is 1.